The summed E-state index contributed by atoms with van der Waals surface area (Å²) in [6.45, 7) is 3.74. The average Bonchev–Trinajstić information content (AvgIpc) is 2.70. The normalized spacial score (nSPS) is 21.0. The highest BCUT2D eigenvalue weighted by atomic mass is 32.2. The van der Waals surface area contributed by atoms with Crippen molar-refractivity contribution in [2.75, 3.05) is 37.3 Å². The molecule has 0 N–H and O–H groups in total. The molecule has 1 aromatic heterocycles. The molecule has 0 bridgehead atoms. The van der Waals surface area contributed by atoms with Crippen molar-refractivity contribution in [3.05, 3.63) is 27.7 Å². The maximum Gasteiger partial charge on any atom is 0.349 e. The Hall–Kier alpha value is -1.67. The number of aromatic nitrogens is 2. The van der Waals surface area contributed by atoms with Crippen LogP contribution in [0.15, 0.2) is 9.69 Å². The van der Waals surface area contributed by atoms with Crippen LogP contribution < -0.4 is 10.6 Å². The first-order valence-electron chi connectivity index (χ1n) is 7.86. The van der Waals surface area contributed by atoms with Crippen LogP contribution in [0.3, 0.4) is 0 Å². The molecule has 8 heteroatoms. The van der Waals surface area contributed by atoms with E-state index in [1.165, 1.54) is 30.3 Å². The number of nitrogens with zero attached hydrogens (tertiary/aromatic N) is 4. The van der Waals surface area contributed by atoms with Gasteiger partial charge in [0.25, 0.3) is 0 Å². The Morgan fingerprint density at radius 1 is 1.21 bits per heavy atom. The number of anilines is 1. The topological polar surface area (TPSA) is 41.4 Å². The van der Waals surface area contributed by atoms with Crippen LogP contribution in [0.25, 0.3) is 10.9 Å². The second-order valence-electron chi connectivity index (χ2n) is 6.50. The predicted molar refractivity (Wildman–Crippen MR) is 91.0 cm³/mol. The summed E-state index contributed by atoms with van der Waals surface area (Å²) in [6, 6.07) is 0.117. The minimum Gasteiger partial charge on any atom is -0.349 e. The van der Waals surface area contributed by atoms with Crippen molar-refractivity contribution in [2.24, 2.45) is 7.05 Å². The first-order valence-corrected chi connectivity index (χ1v) is 8.85. The molecular weight excluding hydrogens is 334 g/mol. The minimum absolute atomic E-state index is 0.0471. The first-order chi connectivity index (χ1) is 11.4. The van der Waals surface area contributed by atoms with Gasteiger partial charge in [0.1, 0.15) is 11.6 Å². The SMILES string of the molecule is Cc1c(F)c2c3c(nc(=O)n(C)c3c1F)N1CCN(C)CC1CS2. The Labute approximate surface area is 142 Å². The summed E-state index contributed by atoms with van der Waals surface area (Å²) in [4.78, 5) is 21.1. The van der Waals surface area contributed by atoms with E-state index in [1.54, 1.807) is 0 Å². The van der Waals surface area contributed by atoms with Crippen LogP contribution in [0.5, 0.6) is 0 Å². The smallest absolute Gasteiger partial charge is 0.349 e. The number of likely N-dealkylation sites (N-methyl/N-ethyl adjacent to an activating group) is 1. The number of fused-ring (bicyclic) bond motifs is 2. The highest BCUT2D eigenvalue weighted by Gasteiger charge is 2.34. The lowest BCUT2D eigenvalue weighted by atomic mass is 10.1. The van der Waals surface area contributed by atoms with Crippen LogP contribution in [-0.2, 0) is 7.05 Å². The fourth-order valence-corrected chi connectivity index (χ4v) is 4.82. The van der Waals surface area contributed by atoms with E-state index in [4.69, 9.17) is 0 Å². The van der Waals surface area contributed by atoms with Gasteiger partial charge in [0, 0.05) is 38.0 Å². The van der Waals surface area contributed by atoms with Crippen LogP contribution in [-0.4, -0.2) is 52.9 Å². The van der Waals surface area contributed by atoms with Crippen molar-refractivity contribution in [2.45, 2.75) is 17.9 Å². The van der Waals surface area contributed by atoms with Crippen LogP contribution in [0, 0.1) is 18.6 Å². The van der Waals surface area contributed by atoms with Gasteiger partial charge in [-0.15, -0.1) is 11.8 Å². The number of piperazine rings is 1. The van der Waals surface area contributed by atoms with Gasteiger partial charge in [-0.1, -0.05) is 0 Å². The fourth-order valence-electron chi connectivity index (χ4n) is 3.57. The maximum atomic E-state index is 14.8. The lowest BCUT2D eigenvalue weighted by Gasteiger charge is -2.39. The Morgan fingerprint density at radius 2 is 1.96 bits per heavy atom. The molecule has 24 heavy (non-hydrogen) atoms. The van der Waals surface area contributed by atoms with Gasteiger partial charge >= 0.3 is 5.69 Å². The number of hydrogen-bond donors (Lipinski definition) is 0. The molecule has 1 atom stereocenters. The second kappa shape index (κ2) is 5.42. The summed E-state index contributed by atoms with van der Waals surface area (Å²) in [5.74, 6) is -0.123. The maximum absolute atomic E-state index is 14.8. The van der Waals surface area contributed by atoms with Crippen molar-refractivity contribution in [3.8, 4) is 0 Å². The summed E-state index contributed by atoms with van der Waals surface area (Å²) in [7, 11) is 3.52. The van der Waals surface area contributed by atoms with E-state index in [-0.39, 0.29) is 17.1 Å². The highest BCUT2D eigenvalue weighted by Crippen LogP contribution is 2.42. The van der Waals surface area contributed by atoms with Gasteiger partial charge in [0.15, 0.2) is 5.82 Å². The molecule has 1 saturated heterocycles. The molecule has 4 rings (SSSR count). The van der Waals surface area contributed by atoms with Crippen molar-refractivity contribution >= 4 is 28.5 Å². The van der Waals surface area contributed by atoms with Crippen molar-refractivity contribution in [1.29, 1.82) is 0 Å². The standard InChI is InChI=1S/C16H18F2N4OS/c1-8-11(17)13-10-14(12(8)18)24-7-9-6-20(2)4-5-22(9)15(10)19-16(23)21(13)3/h9H,4-7H2,1-3H3. The number of rotatable bonds is 0. The Balaban J connectivity index is 2.11. The molecule has 5 nitrogen and oxygen atoms in total. The molecule has 2 aliphatic rings. The number of benzene rings is 1. The molecule has 0 spiro atoms. The number of thioether (sulfide) groups is 1. The van der Waals surface area contributed by atoms with Crippen molar-refractivity contribution in [3.63, 3.8) is 0 Å². The van der Waals surface area contributed by atoms with E-state index < -0.39 is 17.3 Å². The van der Waals surface area contributed by atoms with Crippen molar-refractivity contribution < 1.29 is 8.78 Å². The third kappa shape index (κ3) is 2.09. The molecule has 0 amide bonds. The Morgan fingerprint density at radius 3 is 2.71 bits per heavy atom. The Bertz CT molecular complexity index is 914. The van der Waals surface area contributed by atoms with Gasteiger partial charge in [0.2, 0.25) is 0 Å². The Kier molecular flexibility index (Phi) is 3.58. The summed E-state index contributed by atoms with van der Waals surface area (Å²) >= 11 is 1.39. The van der Waals surface area contributed by atoms with Crippen LogP contribution in [0.2, 0.25) is 0 Å². The minimum atomic E-state index is -0.678. The molecule has 128 valence electrons. The van der Waals surface area contributed by atoms with Gasteiger partial charge in [-0.2, -0.15) is 4.98 Å². The van der Waals surface area contributed by atoms with E-state index in [2.05, 4.69) is 9.88 Å². The summed E-state index contributed by atoms with van der Waals surface area (Å²) < 4.78 is 30.7. The van der Waals surface area contributed by atoms with Crippen molar-refractivity contribution in [1.82, 2.24) is 14.5 Å². The number of hydrogen-bond acceptors (Lipinski definition) is 5. The van der Waals surface area contributed by atoms with E-state index in [1.807, 2.05) is 11.9 Å². The quantitative estimate of drug-likeness (QED) is 0.723. The lowest BCUT2D eigenvalue weighted by molar-refractivity contribution is 0.277. The van der Waals surface area contributed by atoms with Gasteiger partial charge in [0.05, 0.1) is 21.8 Å². The number of aryl methyl sites for hydroxylation is 1. The van der Waals surface area contributed by atoms with Gasteiger partial charge in [-0.05, 0) is 14.0 Å². The van der Waals surface area contributed by atoms with Crippen LogP contribution in [0.4, 0.5) is 14.6 Å². The zero-order valence-electron chi connectivity index (χ0n) is 13.8. The first kappa shape index (κ1) is 15.8. The zero-order valence-corrected chi connectivity index (χ0v) is 14.6. The molecule has 1 aromatic carbocycles. The molecule has 0 radical (unpaired) electrons. The van der Waals surface area contributed by atoms with Crippen LogP contribution >= 0.6 is 11.8 Å². The molecule has 1 fully saturated rings. The van der Waals surface area contributed by atoms with Gasteiger partial charge in [-0.25, -0.2) is 13.6 Å². The molecule has 1 unspecified atom stereocenters. The molecule has 0 aliphatic carbocycles. The molecule has 2 aromatic rings. The highest BCUT2D eigenvalue weighted by molar-refractivity contribution is 7.99. The van der Waals surface area contributed by atoms with E-state index >= 15 is 0 Å². The van der Waals surface area contributed by atoms with Gasteiger partial charge in [-0.3, -0.25) is 4.57 Å². The fraction of sp³-hybridized carbons (Fsp3) is 0.500. The van der Waals surface area contributed by atoms with Crippen LogP contribution in [0.1, 0.15) is 5.56 Å². The molecule has 0 saturated carbocycles. The summed E-state index contributed by atoms with van der Waals surface area (Å²) in [5, 5.41) is 0.426. The molecular formula is C16H18F2N4OS. The van der Waals surface area contributed by atoms with E-state index in [9.17, 15) is 13.6 Å². The monoisotopic (exact) mass is 352 g/mol. The number of halogens is 2. The third-order valence-electron chi connectivity index (χ3n) is 4.96. The molecule has 2 aliphatic heterocycles. The molecule has 3 heterocycles. The second-order valence-corrected chi connectivity index (χ2v) is 7.53. The zero-order chi connectivity index (χ0) is 17.2. The van der Waals surface area contributed by atoms with E-state index in [0.717, 1.165) is 13.1 Å². The lowest BCUT2D eigenvalue weighted by Crippen LogP contribution is -2.53. The largest absolute Gasteiger partial charge is 0.349 e. The average molecular weight is 352 g/mol. The summed E-state index contributed by atoms with van der Waals surface area (Å²) in [6.07, 6.45) is 0. The van der Waals surface area contributed by atoms with Gasteiger partial charge < -0.3 is 9.80 Å². The summed E-state index contributed by atoms with van der Waals surface area (Å²) in [5.41, 5.74) is -0.418. The van der Waals surface area contributed by atoms with E-state index in [0.29, 0.717) is 28.4 Å². The third-order valence-corrected chi connectivity index (χ3v) is 6.18. The predicted octanol–water partition coefficient (Wildman–Crippen LogP) is 1.75.